The molecule has 1 heterocycles. The lowest BCUT2D eigenvalue weighted by Crippen LogP contribution is -2.43. The second kappa shape index (κ2) is 14.9. The van der Waals surface area contributed by atoms with Gasteiger partial charge in [0.2, 0.25) is 0 Å². The Morgan fingerprint density at radius 3 is 1.62 bits per heavy atom. The van der Waals surface area contributed by atoms with Gasteiger partial charge in [0.1, 0.15) is 11.5 Å². The molecule has 1 aliphatic heterocycles. The predicted octanol–water partition coefficient (Wildman–Crippen LogP) is 16.4. The van der Waals surface area contributed by atoms with Crippen LogP contribution in [0.25, 0.3) is 44.2 Å². The fraction of sp³-hybridized carbons (Fsp3) is 0.0645. The molecule has 2 heteroatoms. The highest BCUT2D eigenvalue weighted by atomic mass is 16.5. The molecule has 1 spiro atoms. The summed E-state index contributed by atoms with van der Waals surface area (Å²) in [5.74, 6) is 1.78. The Labute approximate surface area is 375 Å². The van der Waals surface area contributed by atoms with E-state index in [4.69, 9.17) is 4.74 Å². The van der Waals surface area contributed by atoms with E-state index in [9.17, 15) is 0 Å². The van der Waals surface area contributed by atoms with Crippen molar-refractivity contribution in [2.75, 3.05) is 4.90 Å². The molecule has 64 heavy (non-hydrogen) atoms. The lowest BCUT2D eigenvalue weighted by molar-refractivity contribution is 0.426. The van der Waals surface area contributed by atoms with E-state index in [1.807, 2.05) is 0 Å². The molecule has 10 aromatic rings. The first-order valence-electron chi connectivity index (χ1n) is 22.3. The second-order valence-electron chi connectivity index (χ2n) is 17.6. The summed E-state index contributed by atoms with van der Waals surface area (Å²) in [6, 6.07) is 86.2. The molecule has 0 N–H and O–H groups in total. The summed E-state index contributed by atoms with van der Waals surface area (Å²) in [4.78, 5) is 2.38. The third-order valence-corrected chi connectivity index (χ3v) is 13.8. The quantitative estimate of drug-likeness (QED) is 0.166. The van der Waals surface area contributed by atoms with Crippen molar-refractivity contribution >= 4 is 27.8 Å². The molecule has 1 unspecified atom stereocenters. The fourth-order valence-electron chi connectivity index (χ4n) is 10.9. The highest BCUT2D eigenvalue weighted by Crippen LogP contribution is 2.62. The van der Waals surface area contributed by atoms with Gasteiger partial charge in [-0.25, -0.2) is 0 Å². The first kappa shape index (κ1) is 37.8. The molecule has 0 fully saturated rings. The number of nitrogens with zero attached hydrogens (tertiary/aromatic N) is 1. The summed E-state index contributed by atoms with van der Waals surface area (Å²) in [6.07, 6.45) is 0. The molecule has 0 bridgehead atoms. The maximum absolute atomic E-state index is 6.89. The van der Waals surface area contributed by atoms with Crippen LogP contribution in [0.5, 0.6) is 11.5 Å². The standard InChI is InChI=1S/C62H45NO/c1-61(2)52-24-12-13-25-53(52)62(55-39-33-46-21-9-10-23-51(46)60(55)61)54-26-14-16-28-58(54)64-59-40-34-47(41-56(59)62)44-31-37-49(38-32-44)63(48-35-29-43(30-36-48)42-17-5-3-6-18-42)57-27-15-11-22-50(57)45-19-7-4-8-20-45/h3-41H,1-2H3. The molecule has 304 valence electrons. The van der Waals surface area contributed by atoms with Gasteiger partial charge in [0, 0.05) is 33.5 Å². The van der Waals surface area contributed by atoms with Crippen molar-refractivity contribution in [2.45, 2.75) is 24.7 Å². The van der Waals surface area contributed by atoms with Crippen LogP contribution >= 0.6 is 0 Å². The van der Waals surface area contributed by atoms with E-state index >= 15 is 0 Å². The Morgan fingerprint density at radius 1 is 0.359 bits per heavy atom. The largest absolute Gasteiger partial charge is 0.457 e. The maximum Gasteiger partial charge on any atom is 0.132 e. The normalized spacial score (nSPS) is 15.3. The number of hydrogen-bond acceptors (Lipinski definition) is 2. The van der Waals surface area contributed by atoms with Crippen molar-refractivity contribution in [1.82, 2.24) is 0 Å². The van der Waals surface area contributed by atoms with Crippen LogP contribution in [0.4, 0.5) is 17.1 Å². The molecule has 1 atom stereocenters. The smallest absolute Gasteiger partial charge is 0.132 e. The van der Waals surface area contributed by atoms with Crippen LogP contribution in [-0.2, 0) is 10.8 Å². The van der Waals surface area contributed by atoms with Crippen LogP contribution in [-0.4, -0.2) is 0 Å². The van der Waals surface area contributed by atoms with Crippen molar-refractivity contribution in [2.24, 2.45) is 0 Å². The first-order valence-corrected chi connectivity index (χ1v) is 22.3. The number of ether oxygens (including phenoxy) is 1. The monoisotopic (exact) mass is 819 g/mol. The molecule has 0 aromatic heterocycles. The summed E-state index contributed by atoms with van der Waals surface area (Å²) >= 11 is 0. The minimum Gasteiger partial charge on any atom is -0.457 e. The zero-order valence-electron chi connectivity index (χ0n) is 35.9. The van der Waals surface area contributed by atoms with E-state index in [2.05, 4.69) is 255 Å². The van der Waals surface area contributed by atoms with Gasteiger partial charge in [0.05, 0.1) is 11.1 Å². The lowest BCUT2D eigenvalue weighted by atomic mass is 9.53. The molecule has 0 radical (unpaired) electrons. The second-order valence-corrected chi connectivity index (χ2v) is 17.6. The van der Waals surface area contributed by atoms with Crippen molar-refractivity contribution < 1.29 is 4.74 Å². The number of benzene rings is 10. The van der Waals surface area contributed by atoms with Crippen LogP contribution in [0.3, 0.4) is 0 Å². The SMILES string of the molecule is CC1(C)c2ccccc2C2(c3ccccc3Oc3ccc(-c4ccc(N(c5ccc(-c6ccccc6)cc5)c5ccccc5-c5ccccc5)cc4)cc32)c2ccc3ccccc3c21. The van der Waals surface area contributed by atoms with Crippen molar-refractivity contribution in [3.05, 3.63) is 270 Å². The summed E-state index contributed by atoms with van der Waals surface area (Å²) in [7, 11) is 0. The Bertz CT molecular complexity index is 3370. The zero-order valence-corrected chi connectivity index (χ0v) is 35.9. The fourth-order valence-corrected chi connectivity index (χ4v) is 10.9. The van der Waals surface area contributed by atoms with Gasteiger partial charge >= 0.3 is 0 Å². The Hall–Kier alpha value is -7.94. The van der Waals surface area contributed by atoms with E-state index < -0.39 is 5.41 Å². The summed E-state index contributed by atoms with van der Waals surface area (Å²) in [6.45, 7) is 4.79. The molecule has 10 aromatic carbocycles. The highest BCUT2D eigenvalue weighted by molar-refractivity contribution is 5.93. The van der Waals surface area contributed by atoms with Gasteiger partial charge < -0.3 is 9.64 Å². The van der Waals surface area contributed by atoms with Crippen LogP contribution in [0.1, 0.15) is 47.2 Å². The van der Waals surface area contributed by atoms with E-state index in [0.29, 0.717) is 0 Å². The molecular weight excluding hydrogens is 775 g/mol. The van der Waals surface area contributed by atoms with E-state index in [0.717, 1.165) is 45.3 Å². The molecule has 0 amide bonds. The van der Waals surface area contributed by atoms with Crippen molar-refractivity contribution in [3.63, 3.8) is 0 Å². The first-order chi connectivity index (χ1) is 31.5. The summed E-state index contributed by atoms with van der Waals surface area (Å²) in [5.41, 5.74) is 17.1. The molecule has 0 saturated heterocycles. The maximum atomic E-state index is 6.89. The molecule has 1 aliphatic carbocycles. The van der Waals surface area contributed by atoms with Gasteiger partial charge in [-0.15, -0.1) is 0 Å². The molecule has 0 saturated carbocycles. The summed E-state index contributed by atoms with van der Waals surface area (Å²) < 4.78 is 6.89. The van der Waals surface area contributed by atoms with Gasteiger partial charge in [0.25, 0.3) is 0 Å². The van der Waals surface area contributed by atoms with Gasteiger partial charge in [-0.3, -0.25) is 0 Å². The molecule has 2 aliphatic rings. The molecule has 2 nitrogen and oxygen atoms in total. The van der Waals surface area contributed by atoms with E-state index in [1.54, 1.807) is 0 Å². The number of anilines is 3. The lowest BCUT2D eigenvalue weighted by Gasteiger charge is -2.50. The average molecular weight is 820 g/mol. The van der Waals surface area contributed by atoms with E-state index in [1.165, 1.54) is 60.8 Å². The Balaban J connectivity index is 1.03. The number of para-hydroxylation sites is 2. The van der Waals surface area contributed by atoms with Crippen LogP contribution < -0.4 is 9.64 Å². The van der Waals surface area contributed by atoms with Gasteiger partial charge in [-0.1, -0.05) is 202 Å². The predicted molar refractivity (Wildman–Crippen MR) is 265 cm³/mol. The van der Waals surface area contributed by atoms with Crippen LogP contribution in [0.2, 0.25) is 0 Å². The van der Waals surface area contributed by atoms with Crippen LogP contribution in [0, 0.1) is 0 Å². The topological polar surface area (TPSA) is 12.5 Å². The minimum absolute atomic E-state index is 0.244. The van der Waals surface area contributed by atoms with Crippen LogP contribution in [0.15, 0.2) is 237 Å². The Morgan fingerprint density at radius 2 is 0.891 bits per heavy atom. The number of hydrogen-bond donors (Lipinski definition) is 0. The third kappa shape index (κ3) is 5.80. The molecule has 12 rings (SSSR count). The minimum atomic E-state index is -0.616. The van der Waals surface area contributed by atoms with E-state index in [-0.39, 0.29) is 5.41 Å². The zero-order chi connectivity index (χ0) is 42.8. The van der Waals surface area contributed by atoms with Crippen molar-refractivity contribution in [3.8, 4) is 44.9 Å². The van der Waals surface area contributed by atoms with Crippen molar-refractivity contribution in [1.29, 1.82) is 0 Å². The average Bonchev–Trinajstić information content (AvgIpc) is 3.36. The highest BCUT2D eigenvalue weighted by Gasteiger charge is 2.53. The third-order valence-electron chi connectivity index (χ3n) is 13.8. The Kier molecular flexibility index (Phi) is 8.77. The molecular formula is C62H45NO. The van der Waals surface area contributed by atoms with Gasteiger partial charge in [-0.05, 0) is 109 Å². The summed E-state index contributed by atoms with van der Waals surface area (Å²) in [5, 5.41) is 2.55. The number of rotatable bonds is 6. The van der Waals surface area contributed by atoms with Gasteiger partial charge in [0.15, 0.2) is 0 Å². The van der Waals surface area contributed by atoms with Gasteiger partial charge in [-0.2, -0.15) is 0 Å². The number of fused-ring (bicyclic) bond motifs is 10.